The molecule has 3 aromatic rings. The molecule has 1 fully saturated rings. The van der Waals surface area contributed by atoms with Crippen molar-refractivity contribution < 1.29 is 19.2 Å². The zero-order valence-electron chi connectivity index (χ0n) is 16.1. The third kappa shape index (κ3) is 4.81. The Kier molecular flexibility index (Phi) is 5.87. The Labute approximate surface area is 173 Å². The fourth-order valence-electron chi connectivity index (χ4n) is 3.18. The van der Waals surface area contributed by atoms with Crippen molar-refractivity contribution >= 4 is 17.7 Å². The van der Waals surface area contributed by atoms with Gasteiger partial charge in [-0.2, -0.15) is 0 Å². The SMILES string of the molecule is Cc1ccc(-c2cc(COc3ccc(CN4CSC[C@H]4C(=O)O)cc3)on2)cc1. The minimum Gasteiger partial charge on any atom is -0.486 e. The molecule has 29 heavy (non-hydrogen) atoms. The van der Waals surface area contributed by atoms with Crippen molar-refractivity contribution in [1.82, 2.24) is 10.1 Å². The molecule has 0 saturated carbocycles. The summed E-state index contributed by atoms with van der Waals surface area (Å²) in [4.78, 5) is 13.3. The van der Waals surface area contributed by atoms with Crippen LogP contribution in [0.3, 0.4) is 0 Å². The van der Waals surface area contributed by atoms with E-state index in [9.17, 15) is 9.90 Å². The summed E-state index contributed by atoms with van der Waals surface area (Å²) < 4.78 is 11.2. The van der Waals surface area contributed by atoms with Gasteiger partial charge in [0, 0.05) is 29.8 Å². The van der Waals surface area contributed by atoms with E-state index in [0.29, 0.717) is 24.7 Å². The first-order valence-corrected chi connectivity index (χ1v) is 10.5. The number of hydrogen-bond donors (Lipinski definition) is 1. The number of nitrogens with zero attached hydrogens (tertiary/aromatic N) is 2. The molecule has 0 amide bonds. The average Bonchev–Trinajstić information content (AvgIpc) is 3.38. The lowest BCUT2D eigenvalue weighted by atomic mass is 10.1. The van der Waals surface area contributed by atoms with Gasteiger partial charge in [0.25, 0.3) is 0 Å². The van der Waals surface area contributed by atoms with Gasteiger partial charge in [-0.25, -0.2) is 0 Å². The maximum Gasteiger partial charge on any atom is 0.321 e. The van der Waals surface area contributed by atoms with Gasteiger partial charge in [-0.05, 0) is 24.6 Å². The summed E-state index contributed by atoms with van der Waals surface area (Å²) in [6.07, 6.45) is 0. The fourth-order valence-corrected chi connectivity index (χ4v) is 4.37. The Morgan fingerprint density at radius 3 is 2.72 bits per heavy atom. The number of carbonyl (C=O) groups is 1. The summed E-state index contributed by atoms with van der Waals surface area (Å²) in [5.74, 6) is 2.00. The zero-order chi connectivity index (χ0) is 20.2. The van der Waals surface area contributed by atoms with Crippen LogP contribution in [-0.2, 0) is 17.9 Å². The summed E-state index contributed by atoms with van der Waals surface area (Å²) in [6.45, 7) is 2.96. The van der Waals surface area contributed by atoms with Crippen LogP contribution in [0.25, 0.3) is 11.3 Å². The van der Waals surface area contributed by atoms with Crippen LogP contribution in [0.1, 0.15) is 16.9 Å². The third-order valence-electron chi connectivity index (χ3n) is 4.86. The van der Waals surface area contributed by atoms with E-state index in [1.54, 1.807) is 11.8 Å². The van der Waals surface area contributed by atoms with Crippen LogP contribution in [0.4, 0.5) is 0 Å². The van der Waals surface area contributed by atoms with E-state index in [1.165, 1.54) is 5.56 Å². The second kappa shape index (κ2) is 8.71. The van der Waals surface area contributed by atoms with Crippen molar-refractivity contribution in [3.63, 3.8) is 0 Å². The van der Waals surface area contributed by atoms with Crippen LogP contribution >= 0.6 is 11.8 Å². The largest absolute Gasteiger partial charge is 0.486 e. The van der Waals surface area contributed by atoms with Crippen LogP contribution in [0, 0.1) is 6.92 Å². The number of ether oxygens (including phenoxy) is 1. The number of carboxylic acids is 1. The molecule has 1 aliphatic heterocycles. The maximum atomic E-state index is 11.3. The van der Waals surface area contributed by atoms with Gasteiger partial charge >= 0.3 is 5.97 Å². The standard InChI is InChI=1S/C22H22N2O4S/c1-15-2-6-17(7-3-15)20-10-19(28-23-20)12-27-18-8-4-16(5-9-18)11-24-14-29-13-21(24)22(25)26/h2-10,21H,11-14H2,1H3,(H,25,26)/t21-/m0/s1. The first-order valence-electron chi connectivity index (χ1n) is 9.37. The van der Waals surface area contributed by atoms with Crippen molar-refractivity contribution in [1.29, 1.82) is 0 Å². The highest BCUT2D eigenvalue weighted by Gasteiger charge is 2.30. The molecule has 2 aromatic carbocycles. The number of aliphatic carboxylic acids is 1. The number of thioether (sulfide) groups is 1. The van der Waals surface area contributed by atoms with Gasteiger partial charge in [0.2, 0.25) is 0 Å². The van der Waals surface area contributed by atoms with Gasteiger partial charge in [0.1, 0.15) is 24.1 Å². The predicted octanol–water partition coefficient (Wildman–Crippen LogP) is 4.19. The quantitative estimate of drug-likeness (QED) is 0.626. The van der Waals surface area contributed by atoms with Crippen LogP contribution in [-0.4, -0.2) is 38.8 Å². The summed E-state index contributed by atoms with van der Waals surface area (Å²) in [5, 5.41) is 13.4. The van der Waals surface area contributed by atoms with Crippen molar-refractivity contribution in [2.24, 2.45) is 0 Å². The van der Waals surface area contributed by atoms with E-state index in [0.717, 1.165) is 28.4 Å². The van der Waals surface area contributed by atoms with Gasteiger partial charge in [0.05, 0.1) is 0 Å². The van der Waals surface area contributed by atoms with Crippen LogP contribution in [0.2, 0.25) is 0 Å². The Bertz CT molecular complexity index is 969. The Balaban J connectivity index is 1.33. The maximum absolute atomic E-state index is 11.3. The molecule has 6 nitrogen and oxygen atoms in total. The zero-order valence-corrected chi connectivity index (χ0v) is 16.9. The number of carboxylic acid groups (broad SMARTS) is 1. The minimum atomic E-state index is -0.757. The lowest BCUT2D eigenvalue weighted by Gasteiger charge is -2.20. The molecule has 1 atom stereocenters. The molecule has 1 saturated heterocycles. The van der Waals surface area contributed by atoms with E-state index in [1.807, 2.05) is 66.4 Å². The molecule has 0 unspecified atom stereocenters. The highest BCUT2D eigenvalue weighted by Crippen LogP contribution is 2.25. The van der Waals surface area contributed by atoms with Gasteiger partial charge < -0.3 is 14.4 Å². The Hall–Kier alpha value is -2.77. The van der Waals surface area contributed by atoms with Crippen LogP contribution in [0.15, 0.2) is 59.1 Å². The van der Waals surface area contributed by atoms with E-state index >= 15 is 0 Å². The fraction of sp³-hybridized carbons (Fsp3) is 0.273. The number of rotatable bonds is 7. The molecule has 0 spiro atoms. The van der Waals surface area contributed by atoms with E-state index in [2.05, 4.69) is 5.16 Å². The topological polar surface area (TPSA) is 75.8 Å². The molecular formula is C22H22N2O4S. The number of hydrogen-bond acceptors (Lipinski definition) is 6. The van der Waals surface area contributed by atoms with E-state index < -0.39 is 12.0 Å². The molecule has 0 radical (unpaired) electrons. The van der Waals surface area contributed by atoms with E-state index in [4.69, 9.17) is 9.26 Å². The number of aromatic nitrogens is 1. The molecule has 4 rings (SSSR count). The minimum absolute atomic E-state index is 0.294. The normalized spacial score (nSPS) is 16.8. The molecule has 1 aromatic heterocycles. The average molecular weight is 410 g/mol. The monoisotopic (exact) mass is 410 g/mol. The Morgan fingerprint density at radius 1 is 1.24 bits per heavy atom. The highest BCUT2D eigenvalue weighted by atomic mass is 32.2. The molecule has 1 N–H and O–H groups in total. The van der Waals surface area contributed by atoms with Gasteiger partial charge in [-0.1, -0.05) is 47.1 Å². The molecular weight excluding hydrogens is 388 g/mol. The summed E-state index contributed by atoms with van der Waals surface area (Å²) in [5.41, 5.74) is 4.06. The second-order valence-corrected chi connectivity index (χ2v) is 8.08. The van der Waals surface area contributed by atoms with Crippen molar-refractivity contribution in [3.8, 4) is 17.0 Å². The lowest BCUT2D eigenvalue weighted by Crippen LogP contribution is -2.37. The lowest BCUT2D eigenvalue weighted by molar-refractivity contribution is -0.141. The van der Waals surface area contributed by atoms with Gasteiger partial charge in [-0.15, -0.1) is 11.8 Å². The molecule has 0 aliphatic carbocycles. The summed E-state index contributed by atoms with van der Waals surface area (Å²) in [6, 6.07) is 17.3. The summed E-state index contributed by atoms with van der Waals surface area (Å²) >= 11 is 1.65. The van der Waals surface area contributed by atoms with Gasteiger partial charge in [0.15, 0.2) is 5.76 Å². The van der Waals surface area contributed by atoms with Crippen LogP contribution < -0.4 is 4.74 Å². The first kappa shape index (κ1) is 19.5. The predicted molar refractivity (Wildman–Crippen MR) is 112 cm³/mol. The smallest absolute Gasteiger partial charge is 0.321 e. The molecule has 0 bridgehead atoms. The summed E-state index contributed by atoms with van der Waals surface area (Å²) in [7, 11) is 0. The number of benzene rings is 2. The molecule has 1 aliphatic rings. The highest BCUT2D eigenvalue weighted by molar-refractivity contribution is 7.99. The molecule has 7 heteroatoms. The Morgan fingerprint density at radius 2 is 2.00 bits per heavy atom. The number of aryl methyl sites for hydroxylation is 1. The molecule has 2 heterocycles. The second-order valence-electron chi connectivity index (χ2n) is 7.08. The van der Waals surface area contributed by atoms with E-state index in [-0.39, 0.29) is 0 Å². The molecule has 150 valence electrons. The van der Waals surface area contributed by atoms with Crippen molar-refractivity contribution in [2.75, 3.05) is 11.6 Å². The third-order valence-corrected chi connectivity index (χ3v) is 5.92. The van der Waals surface area contributed by atoms with Crippen molar-refractivity contribution in [2.45, 2.75) is 26.1 Å². The van der Waals surface area contributed by atoms with Gasteiger partial charge in [-0.3, -0.25) is 9.69 Å². The van der Waals surface area contributed by atoms with Crippen LogP contribution in [0.5, 0.6) is 5.75 Å². The first-order chi connectivity index (χ1) is 14.1. The van der Waals surface area contributed by atoms with Crippen molar-refractivity contribution in [3.05, 3.63) is 71.5 Å².